The van der Waals surface area contributed by atoms with Crippen molar-refractivity contribution in [3.8, 4) is 0 Å². The summed E-state index contributed by atoms with van der Waals surface area (Å²) in [7, 11) is 0. The Morgan fingerprint density at radius 1 is 1.41 bits per heavy atom. The molecule has 1 aromatic heterocycles. The first kappa shape index (κ1) is 12.4. The second kappa shape index (κ2) is 6.01. The van der Waals surface area contributed by atoms with E-state index in [1.165, 1.54) is 37.2 Å². The Morgan fingerprint density at radius 2 is 2.18 bits per heavy atom. The number of anilines is 1. The molecule has 1 aromatic rings. The third kappa shape index (κ3) is 3.70. The summed E-state index contributed by atoms with van der Waals surface area (Å²) >= 11 is 0. The minimum Gasteiger partial charge on any atom is -0.383 e. The molecule has 0 aliphatic carbocycles. The molecule has 1 fully saturated rings. The van der Waals surface area contributed by atoms with Gasteiger partial charge in [-0.15, -0.1) is 0 Å². The normalized spacial score (nSPS) is 18.2. The van der Waals surface area contributed by atoms with Crippen LogP contribution in [0, 0.1) is 12.8 Å². The molecule has 0 bridgehead atoms. The number of aryl methyl sites for hydroxylation is 1. The van der Waals surface area contributed by atoms with Crippen molar-refractivity contribution >= 4 is 5.69 Å². The Hall–Kier alpha value is -1.09. The smallest absolute Gasteiger partial charge is 0.0401 e. The van der Waals surface area contributed by atoms with Crippen molar-refractivity contribution in [2.45, 2.75) is 26.7 Å². The molecular weight excluding hydrogens is 210 g/mol. The van der Waals surface area contributed by atoms with E-state index in [0.29, 0.717) is 0 Å². The number of hydrogen-bond acceptors (Lipinski definition) is 3. The zero-order chi connectivity index (χ0) is 12.1. The number of pyridine rings is 1. The summed E-state index contributed by atoms with van der Waals surface area (Å²) in [6.07, 6.45) is 6.46. The van der Waals surface area contributed by atoms with Crippen LogP contribution in [0.1, 0.15) is 25.3 Å². The monoisotopic (exact) mass is 233 g/mol. The third-order valence-corrected chi connectivity index (χ3v) is 3.64. The lowest BCUT2D eigenvalue weighted by molar-refractivity contribution is 0.199. The van der Waals surface area contributed by atoms with Gasteiger partial charge in [-0.3, -0.25) is 4.98 Å². The highest BCUT2D eigenvalue weighted by atomic mass is 15.1. The molecule has 0 amide bonds. The first-order valence-corrected chi connectivity index (χ1v) is 6.62. The summed E-state index contributed by atoms with van der Waals surface area (Å²) in [4.78, 5) is 6.66. The molecular formula is C14H23N3. The van der Waals surface area contributed by atoms with E-state index in [1.807, 2.05) is 18.5 Å². The lowest BCUT2D eigenvalue weighted by Gasteiger charge is -2.30. The molecule has 94 valence electrons. The maximum atomic E-state index is 4.10. The van der Waals surface area contributed by atoms with E-state index in [-0.39, 0.29) is 0 Å². The fourth-order valence-electron chi connectivity index (χ4n) is 2.31. The van der Waals surface area contributed by atoms with Gasteiger partial charge in [0.15, 0.2) is 0 Å². The van der Waals surface area contributed by atoms with E-state index in [0.717, 1.165) is 19.0 Å². The van der Waals surface area contributed by atoms with Crippen LogP contribution in [-0.4, -0.2) is 36.1 Å². The predicted molar refractivity (Wildman–Crippen MR) is 72.3 cm³/mol. The molecule has 1 saturated heterocycles. The lowest BCUT2D eigenvalue weighted by atomic mass is 9.99. The fourth-order valence-corrected chi connectivity index (χ4v) is 2.31. The van der Waals surface area contributed by atoms with Crippen LogP contribution in [0.25, 0.3) is 0 Å². The molecule has 2 heterocycles. The molecule has 0 atom stereocenters. The van der Waals surface area contributed by atoms with Crippen LogP contribution < -0.4 is 5.32 Å². The molecule has 3 heteroatoms. The molecule has 1 N–H and O–H groups in total. The van der Waals surface area contributed by atoms with Crippen molar-refractivity contribution in [1.82, 2.24) is 9.88 Å². The van der Waals surface area contributed by atoms with Gasteiger partial charge in [0.25, 0.3) is 0 Å². The van der Waals surface area contributed by atoms with Crippen LogP contribution >= 0.6 is 0 Å². The highest BCUT2D eigenvalue weighted by molar-refractivity contribution is 5.48. The van der Waals surface area contributed by atoms with E-state index >= 15 is 0 Å². The van der Waals surface area contributed by atoms with E-state index in [9.17, 15) is 0 Å². The highest BCUT2D eigenvalue weighted by Gasteiger charge is 2.14. The van der Waals surface area contributed by atoms with Crippen molar-refractivity contribution in [1.29, 1.82) is 0 Å². The topological polar surface area (TPSA) is 28.2 Å². The molecule has 1 aliphatic heterocycles. The van der Waals surface area contributed by atoms with Gasteiger partial charge in [0.1, 0.15) is 0 Å². The Morgan fingerprint density at radius 3 is 2.88 bits per heavy atom. The number of hydrogen-bond donors (Lipinski definition) is 1. The van der Waals surface area contributed by atoms with Gasteiger partial charge in [0.2, 0.25) is 0 Å². The van der Waals surface area contributed by atoms with Crippen molar-refractivity contribution in [2.75, 3.05) is 31.5 Å². The number of nitrogens with one attached hydrogen (secondary N) is 1. The highest BCUT2D eigenvalue weighted by Crippen LogP contribution is 2.16. The second-order valence-electron chi connectivity index (χ2n) is 5.14. The Kier molecular flexibility index (Phi) is 4.37. The zero-order valence-corrected chi connectivity index (χ0v) is 10.9. The van der Waals surface area contributed by atoms with Crippen molar-refractivity contribution < 1.29 is 0 Å². The van der Waals surface area contributed by atoms with Crippen molar-refractivity contribution in [2.24, 2.45) is 5.92 Å². The van der Waals surface area contributed by atoms with Crippen LogP contribution in [0.5, 0.6) is 0 Å². The van der Waals surface area contributed by atoms with Gasteiger partial charge in [0, 0.05) is 31.2 Å². The van der Waals surface area contributed by atoms with E-state index in [4.69, 9.17) is 0 Å². The standard InChI is InChI=1S/C14H23N3/c1-12-4-8-17(9-5-12)10-7-16-14-3-6-15-11-13(14)2/h3,6,11-12H,4-5,7-10H2,1-2H3,(H,15,16). The maximum Gasteiger partial charge on any atom is 0.0401 e. The van der Waals surface area contributed by atoms with Gasteiger partial charge in [-0.05, 0) is 50.4 Å². The molecule has 0 unspecified atom stereocenters. The Labute approximate surface area is 104 Å². The van der Waals surface area contributed by atoms with Crippen LogP contribution in [0.15, 0.2) is 18.5 Å². The van der Waals surface area contributed by atoms with Gasteiger partial charge >= 0.3 is 0 Å². The largest absolute Gasteiger partial charge is 0.383 e. The van der Waals surface area contributed by atoms with Crippen LogP contribution in [0.3, 0.4) is 0 Å². The first-order chi connectivity index (χ1) is 8.25. The number of nitrogens with zero attached hydrogens (tertiary/aromatic N) is 2. The van der Waals surface area contributed by atoms with Crippen LogP contribution in [-0.2, 0) is 0 Å². The first-order valence-electron chi connectivity index (χ1n) is 6.62. The van der Waals surface area contributed by atoms with Crippen LogP contribution in [0.2, 0.25) is 0 Å². The number of aromatic nitrogens is 1. The minimum atomic E-state index is 0.918. The van der Waals surface area contributed by atoms with Crippen LogP contribution in [0.4, 0.5) is 5.69 Å². The summed E-state index contributed by atoms with van der Waals surface area (Å²) in [5.41, 5.74) is 2.44. The van der Waals surface area contributed by atoms with Gasteiger partial charge in [-0.25, -0.2) is 0 Å². The summed E-state index contributed by atoms with van der Waals surface area (Å²) in [5.74, 6) is 0.918. The summed E-state index contributed by atoms with van der Waals surface area (Å²) in [5, 5.41) is 3.49. The minimum absolute atomic E-state index is 0.918. The van der Waals surface area contributed by atoms with Gasteiger partial charge in [0.05, 0.1) is 0 Å². The molecule has 0 spiro atoms. The van der Waals surface area contributed by atoms with E-state index in [2.05, 4.69) is 29.0 Å². The average molecular weight is 233 g/mol. The Bertz CT molecular complexity index is 343. The molecule has 1 aliphatic rings. The van der Waals surface area contributed by atoms with Crippen molar-refractivity contribution in [3.05, 3.63) is 24.0 Å². The summed E-state index contributed by atoms with van der Waals surface area (Å²) < 4.78 is 0. The average Bonchev–Trinajstić information content (AvgIpc) is 2.34. The van der Waals surface area contributed by atoms with Gasteiger partial charge in [-0.2, -0.15) is 0 Å². The number of likely N-dealkylation sites (tertiary alicyclic amines) is 1. The number of rotatable bonds is 4. The van der Waals surface area contributed by atoms with Gasteiger partial charge < -0.3 is 10.2 Å². The SMILES string of the molecule is Cc1cnccc1NCCN1CCC(C)CC1. The number of piperidine rings is 1. The molecule has 2 rings (SSSR count). The fraction of sp³-hybridized carbons (Fsp3) is 0.643. The maximum absolute atomic E-state index is 4.10. The molecule has 0 saturated carbocycles. The summed E-state index contributed by atoms with van der Waals surface area (Å²) in [6.45, 7) is 9.15. The zero-order valence-electron chi connectivity index (χ0n) is 10.9. The molecule has 0 aromatic carbocycles. The quantitative estimate of drug-likeness (QED) is 0.866. The molecule has 0 radical (unpaired) electrons. The molecule has 17 heavy (non-hydrogen) atoms. The van der Waals surface area contributed by atoms with Gasteiger partial charge in [-0.1, -0.05) is 6.92 Å². The molecule has 3 nitrogen and oxygen atoms in total. The third-order valence-electron chi connectivity index (χ3n) is 3.64. The van der Waals surface area contributed by atoms with E-state index in [1.54, 1.807) is 0 Å². The van der Waals surface area contributed by atoms with Crippen molar-refractivity contribution in [3.63, 3.8) is 0 Å². The van der Waals surface area contributed by atoms with E-state index < -0.39 is 0 Å². The summed E-state index contributed by atoms with van der Waals surface area (Å²) in [6, 6.07) is 2.05. The Balaban J connectivity index is 1.71. The lowest BCUT2D eigenvalue weighted by Crippen LogP contribution is -2.36. The second-order valence-corrected chi connectivity index (χ2v) is 5.14. The predicted octanol–water partition coefficient (Wildman–Crippen LogP) is 2.53.